The molecule has 0 bridgehead atoms. The predicted molar refractivity (Wildman–Crippen MR) is 109 cm³/mol. The molecule has 0 saturated carbocycles. The second-order valence-corrected chi connectivity index (χ2v) is 7.86. The lowest BCUT2D eigenvalue weighted by Gasteiger charge is -2.12. The van der Waals surface area contributed by atoms with Crippen LogP contribution in [0.2, 0.25) is 0 Å². The zero-order valence-electron chi connectivity index (χ0n) is 14.8. The van der Waals surface area contributed by atoms with Gasteiger partial charge in [-0.3, -0.25) is 9.36 Å². The van der Waals surface area contributed by atoms with E-state index in [-0.39, 0.29) is 11.7 Å². The van der Waals surface area contributed by atoms with Gasteiger partial charge in [0.25, 0.3) is 0 Å². The molecule has 0 atom stereocenters. The summed E-state index contributed by atoms with van der Waals surface area (Å²) in [7, 11) is 0. The normalized spacial score (nSPS) is 10.8. The molecule has 0 aliphatic carbocycles. The molecular formula is C19H19BrN4OS. The van der Waals surface area contributed by atoms with Crippen molar-refractivity contribution in [3.8, 4) is 5.69 Å². The molecule has 0 aliphatic heterocycles. The average molecular weight is 431 g/mol. The maximum Gasteiger partial charge on any atom is 0.234 e. The number of thioether (sulfide) groups is 1. The molecule has 3 aromatic rings. The summed E-state index contributed by atoms with van der Waals surface area (Å²) < 4.78 is 2.92. The Morgan fingerprint density at radius 1 is 1.15 bits per heavy atom. The van der Waals surface area contributed by atoms with Crippen LogP contribution >= 0.6 is 27.7 Å². The fourth-order valence-corrected chi connectivity index (χ4v) is 3.76. The van der Waals surface area contributed by atoms with Crippen LogP contribution in [0.1, 0.15) is 17.0 Å². The predicted octanol–water partition coefficient (Wildman–Crippen LogP) is 4.69. The molecule has 0 spiro atoms. The van der Waals surface area contributed by atoms with Crippen LogP contribution < -0.4 is 5.32 Å². The third-order valence-corrected chi connectivity index (χ3v) is 5.26. The van der Waals surface area contributed by atoms with Gasteiger partial charge in [0.05, 0.1) is 11.4 Å². The van der Waals surface area contributed by atoms with E-state index in [1.807, 2.05) is 35.8 Å². The number of nitrogens with zero attached hydrogens (tertiary/aromatic N) is 3. The van der Waals surface area contributed by atoms with Crippen molar-refractivity contribution in [1.82, 2.24) is 14.8 Å². The molecule has 1 aromatic heterocycles. The summed E-state index contributed by atoms with van der Waals surface area (Å²) >= 11 is 4.77. The fourth-order valence-electron chi connectivity index (χ4n) is 2.57. The number of amides is 1. The number of carbonyl (C=O) groups is 1. The van der Waals surface area contributed by atoms with Crippen molar-refractivity contribution in [3.63, 3.8) is 0 Å². The van der Waals surface area contributed by atoms with Gasteiger partial charge in [0.2, 0.25) is 5.91 Å². The van der Waals surface area contributed by atoms with Gasteiger partial charge in [0, 0.05) is 10.2 Å². The van der Waals surface area contributed by atoms with Crippen LogP contribution in [-0.2, 0) is 4.79 Å². The lowest BCUT2D eigenvalue weighted by Crippen LogP contribution is -2.14. The Balaban J connectivity index is 1.75. The summed E-state index contributed by atoms with van der Waals surface area (Å²) in [5.74, 6) is 0.977. The zero-order chi connectivity index (χ0) is 18.7. The van der Waals surface area contributed by atoms with Crippen LogP contribution in [-0.4, -0.2) is 26.4 Å². The van der Waals surface area contributed by atoms with Gasteiger partial charge in [-0.25, -0.2) is 0 Å². The third-order valence-electron chi connectivity index (χ3n) is 3.84. The van der Waals surface area contributed by atoms with E-state index in [4.69, 9.17) is 0 Å². The highest BCUT2D eigenvalue weighted by molar-refractivity contribution is 9.10. The van der Waals surface area contributed by atoms with Gasteiger partial charge < -0.3 is 5.32 Å². The number of aryl methyl sites for hydroxylation is 3. The molecule has 1 N–H and O–H groups in total. The van der Waals surface area contributed by atoms with E-state index in [1.54, 1.807) is 0 Å². The largest absolute Gasteiger partial charge is 0.325 e. The molecule has 5 nitrogen and oxygen atoms in total. The van der Waals surface area contributed by atoms with E-state index in [1.165, 1.54) is 17.3 Å². The van der Waals surface area contributed by atoms with Crippen molar-refractivity contribution in [3.05, 3.63) is 63.9 Å². The van der Waals surface area contributed by atoms with Crippen LogP contribution in [0.3, 0.4) is 0 Å². The van der Waals surface area contributed by atoms with Crippen molar-refractivity contribution in [1.29, 1.82) is 0 Å². The second-order valence-electron chi connectivity index (χ2n) is 6.00. The summed E-state index contributed by atoms with van der Waals surface area (Å²) in [6.45, 7) is 6.03. The van der Waals surface area contributed by atoms with Gasteiger partial charge in [-0.15, -0.1) is 10.2 Å². The first-order valence-corrected chi connectivity index (χ1v) is 9.90. The van der Waals surface area contributed by atoms with Crippen LogP contribution in [0.15, 0.2) is 52.1 Å². The molecule has 2 aromatic carbocycles. The molecule has 26 heavy (non-hydrogen) atoms. The SMILES string of the molecule is Cc1ccc(C)c(-n2c(C)nnc2SCC(=O)Nc2cccc(Br)c2)c1. The highest BCUT2D eigenvalue weighted by Crippen LogP contribution is 2.25. The molecule has 0 unspecified atom stereocenters. The van der Waals surface area contributed by atoms with E-state index < -0.39 is 0 Å². The van der Waals surface area contributed by atoms with E-state index in [0.717, 1.165) is 27.2 Å². The number of aromatic nitrogens is 3. The molecule has 0 saturated heterocycles. The maximum absolute atomic E-state index is 12.3. The Morgan fingerprint density at radius 2 is 1.96 bits per heavy atom. The number of hydrogen-bond acceptors (Lipinski definition) is 4. The Kier molecular flexibility index (Phi) is 5.78. The van der Waals surface area contributed by atoms with Crippen LogP contribution in [0.5, 0.6) is 0 Å². The van der Waals surface area contributed by atoms with E-state index in [9.17, 15) is 4.79 Å². The zero-order valence-corrected chi connectivity index (χ0v) is 17.2. The third kappa shape index (κ3) is 4.34. The lowest BCUT2D eigenvalue weighted by molar-refractivity contribution is -0.113. The molecule has 0 radical (unpaired) electrons. The van der Waals surface area contributed by atoms with Crippen molar-refractivity contribution < 1.29 is 4.79 Å². The highest BCUT2D eigenvalue weighted by atomic mass is 79.9. The lowest BCUT2D eigenvalue weighted by atomic mass is 10.1. The summed E-state index contributed by atoms with van der Waals surface area (Å²) in [5, 5.41) is 12.0. The average Bonchev–Trinajstić information content (AvgIpc) is 2.96. The first kappa shape index (κ1) is 18.7. The highest BCUT2D eigenvalue weighted by Gasteiger charge is 2.15. The molecule has 0 fully saturated rings. The summed E-state index contributed by atoms with van der Waals surface area (Å²) in [6, 6.07) is 13.8. The number of halogens is 1. The second kappa shape index (κ2) is 8.05. The van der Waals surface area contributed by atoms with E-state index >= 15 is 0 Å². The van der Waals surface area contributed by atoms with Crippen molar-refractivity contribution in [2.45, 2.75) is 25.9 Å². The number of hydrogen-bond donors (Lipinski definition) is 1. The van der Waals surface area contributed by atoms with Crippen LogP contribution in [0, 0.1) is 20.8 Å². The quantitative estimate of drug-likeness (QED) is 0.596. The monoisotopic (exact) mass is 430 g/mol. The summed E-state index contributed by atoms with van der Waals surface area (Å²) in [6.07, 6.45) is 0. The van der Waals surface area contributed by atoms with Gasteiger partial charge >= 0.3 is 0 Å². The van der Waals surface area contributed by atoms with E-state index in [2.05, 4.69) is 63.5 Å². The van der Waals surface area contributed by atoms with Gasteiger partial charge in [-0.05, 0) is 56.2 Å². The smallest absolute Gasteiger partial charge is 0.234 e. The van der Waals surface area contributed by atoms with Crippen LogP contribution in [0.4, 0.5) is 5.69 Å². The Morgan fingerprint density at radius 3 is 2.73 bits per heavy atom. The molecule has 3 rings (SSSR count). The molecule has 7 heteroatoms. The number of benzene rings is 2. The summed E-state index contributed by atoms with van der Waals surface area (Å²) in [4.78, 5) is 12.3. The number of carbonyl (C=O) groups excluding carboxylic acids is 1. The van der Waals surface area contributed by atoms with Gasteiger partial charge in [-0.1, -0.05) is 45.9 Å². The molecule has 0 aliphatic rings. The van der Waals surface area contributed by atoms with Gasteiger partial charge in [-0.2, -0.15) is 0 Å². The van der Waals surface area contributed by atoms with Crippen LogP contribution in [0.25, 0.3) is 5.69 Å². The van der Waals surface area contributed by atoms with Gasteiger partial charge in [0.1, 0.15) is 5.82 Å². The minimum Gasteiger partial charge on any atom is -0.325 e. The molecule has 134 valence electrons. The Hall–Kier alpha value is -2.12. The number of rotatable bonds is 5. The fraction of sp³-hybridized carbons (Fsp3) is 0.211. The van der Waals surface area contributed by atoms with Crippen molar-refractivity contribution in [2.24, 2.45) is 0 Å². The topological polar surface area (TPSA) is 59.8 Å². The standard InChI is InChI=1S/C19H19BrN4OS/c1-12-7-8-13(2)17(9-12)24-14(3)22-23-19(24)26-11-18(25)21-16-6-4-5-15(20)10-16/h4-10H,11H2,1-3H3,(H,21,25). The maximum atomic E-state index is 12.3. The Labute approximate surface area is 165 Å². The molecule has 1 amide bonds. The Bertz CT molecular complexity index is 954. The molecular weight excluding hydrogens is 412 g/mol. The number of anilines is 1. The minimum absolute atomic E-state index is 0.0822. The van der Waals surface area contributed by atoms with Gasteiger partial charge in [0.15, 0.2) is 5.16 Å². The van der Waals surface area contributed by atoms with E-state index in [0.29, 0.717) is 5.16 Å². The van der Waals surface area contributed by atoms with Crippen molar-refractivity contribution >= 4 is 39.3 Å². The summed E-state index contributed by atoms with van der Waals surface area (Å²) in [5.41, 5.74) is 4.11. The number of nitrogens with one attached hydrogen (secondary N) is 1. The van der Waals surface area contributed by atoms with Crippen molar-refractivity contribution in [2.75, 3.05) is 11.1 Å². The first-order valence-electron chi connectivity index (χ1n) is 8.12. The first-order chi connectivity index (χ1) is 12.4. The molecule has 1 heterocycles. The minimum atomic E-state index is -0.0822.